The van der Waals surface area contributed by atoms with E-state index in [-0.39, 0.29) is 18.4 Å². The van der Waals surface area contributed by atoms with Crippen LogP contribution < -0.4 is 4.74 Å². The number of nitrogens with zero attached hydrogens (tertiary/aromatic N) is 3. The monoisotopic (exact) mass is 433 g/mol. The molecule has 0 radical (unpaired) electrons. The average Bonchev–Trinajstić information content (AvgIpc) is 3.06. The summed E-state index contributed by atoms with van der Waals surface area (Å²) in [5.74, 6) is 0.320. The van der Waals surface area contributed by atoms with Crippen LogP contribution in [0.5, 0.6) is 5.75 Å². The topological polar surface area (TPSA) is 53.1 Å². The molecule has 4 rings (SSSR count). The summed E-state index contributed by atoms with van der Waals surface area (Å²) in [7, 11) is 0. The number of carbonyl (C=O) groups excluding carboxylic acids is 2. The van der Waals surface area contributed by atoms with Crippen LogP contribution in [0.3, 0.4) is 0 Å². The van der Waals surface area contributed by atoms with Gasteiger partial charge in [0.2, 0.25) is 0 Å². The summed E-state index contributed by atoms with van der Waals surface area (Å²) < 4.78 is 5.55. The van der Waals surface area contributed by atoms with Crippen molar-refractivity contribution in [2.75, 3.05) is 39.3 Å². The third-order valence-electron chi connectivity index (χ3n) is 6.19. The van der Waals surface area contributed by atoms with Crippen molar-refractivity contribution in [1.82, 2.24) is 14.7 Å². The molecule has 2 aromatic rings. The minimum atomic E-state index is -0.229. The SMILES string of the molecule is CCOc1ccc(C2=C(N3CCN(CC)CC3)C(=O)N(Cc3ccc(C)cc3)C2=O)cc1. The maximum absolute atomic E-state index is 13.6. The van der Waals surface area contributed by atoms with Crippen LogP contribution in [0, 0.1) is 6.92 Å². The third-order valence-corrected chi connectivity index (χ3v) is 6.19. The van der Waals surface area contributed by atoms with E-state index in [1.807, 2.05) is 62.4 Å². The summed E-state index contributed by atoms with van der Waals surface area (Å²) >= 11 is 0. The van der Waals surface area contributed by atoms with Crippen LogP contribution in [-0.2, 0) is 16.1 Å². The molecule has 0 spiro atoms. The van der Waals surface area contributed by atoms with E-state index in [0.29, 0.717) is 17.9 Å². The number of hydrogen-bond donors (Lipinski definition) is 0. The fourth-order valence-corrected chi connectivity index (χ4v) is 4.31. The maximum Gasteiger partial charge on any atom is 0.278 e. The molecule has 6 nitrogen and oxygen atoms in total. The molecule has 0 saturated carbocycles. The quantitative estimate of drug-likeness (QED) is 0.627. The number of aryl methyl sites for hydroxylation is 1. The number of rotatable bonds is 7. The lowest BCUT2D eigenvalue weighted by molar-refractivity contribution is -0.138. The van der Waals surface area contributed by atoms with Crippen LogP contribution in [0.25, 0.3) is 5.57 Å². The Kier molecular flexibility index (Phi) is 6.61. The van der Waals surface area contributed by atoms with Gasteiger partial charge in [0.05, 0.1) is 18.7 Å². The zero-order chi connectivity index (χ0) is 22.7. The highest BCUT2D eigenvalue weighted by atomic mass is 16.5. The summed E-state index contributed by atoms with van der Waals surface area (Å²) in [5, 5.41) is 0. The van der Waals surface area contributed by atoms with Gasteiger partial charge in [0.25, 0.3) is 11.8 Å². The maximum atomic E-state index is 13.6. The number of amides is 2. The van der Waals surface area contributed by atoms with Gasteiger partial charge in [-0.3, -0.25) is 14.5 Å². The lowest BCUT2D eigenvalue weighted by atomic mass is 10.0. The van der Waals surface area contributed by atoms with E-state index in [1.54, 1.807) is 0 Å². The molecule has 6 heteroatoms. The lowest BCUT2D eigenvalue weighted by Crippen LogP contribution is -2.47. The van der Waals surface area contributed by atoms with Crippen LogP contribution in [-0.4, -0.2) is 65.8 Å². The Morgan fingerprint density at radius 3 is 2.09 bits per heavy atom. The molecule has 2 amide bonds. The van der Waals surface area contributed by atoms with Crippen molar-refractivity contribution in [3.8, 4) is 5.75 Å². The first-order valence-electron chi connectivity index (χ1n) is 11.4. The number of hydrogen-bond acceptors (Lipinski definition) is 5. The Bertz CT molecular complexity index is 1000. The molecule has 0 aromatic heterocycles. The van der Waals surface area contributed by atoms with Crippen molar-refractivity contribution in [3.05, 3.63) is 70.9 Å². The van der Waals surface area contributed by atoms with Gasteiger partial charge in [0.1, 0.15) is 11.4 Å². The molecule has 32 heavy (non-hydrogen) atoms. The standard InChI is InChI=1S/C26H31N3O3/c1-4-27-14-16-28(17-15-27)24-23(21-10-12-22(13-11-21)32-5-2)25(30)29(26(24)31)18-20-8-6-19(3)7-9-20/h6-13H,4-5,14-18H2,1-3H3. The van der Waals surface area contributed by atoms with Crippen LogP contribution in [0.15, 0.2) is 54.2 Å². The first-order valence-corrected chi connectivity index (χ1v) is 11.4. The zero-order valence-corrected chi connectivity index (χ0v) is 19.1. The first kappa shape index (κ1) is 22.1. The summed E-state index contributed by atoms with van der Waals surface area (Å²) in [6, 6.07) is 15.4. The fraction of sp³-hybridized carbons (Fsp3) is 0.385. The molecule has 1 fully saturated rings. The number of carbonyl (C=O) groups is 2. The molecule has 0 bridgehead atoms. The number of benzene rings is 2. The minimum Gasteiger partial charge on any atom is -0.494 e. The predicted molar refractivity (Wildman–Crippen MR) is 125 cm³/mol. The number of ether oxygens (including phenoxy) is 1. The van der Waals surface area contributed by atoms with Gasteiger partial charge >= 0.3 is 0 Å². The summed E-state index contributed by atoms with van der Waals surface area (Å²) in [6.45, 7) is 11.2. The van der Waals surface area contributed by atoms with Crippen LogP contribution in [0.4, 0.5) is 0 Å². The van der Waals surface area contributed by atoms with Gasteiger partial charge < -0.3 is 14.5 Å². The third kappa shape index (κ3) is 4.41. The summed E-state index contributed by atoms with van der Waals surface area (Å²) in [6.07, 6.45) is 0. The molecule has 0 aliphatic carbocycles. The molecule has 2 aliphatic rings. The molecule has 0 unspecified atom stereocenters. The zero-order valence-electron chi connectivity index (χ0n) is 19.1. The van der Waals surface area contributed by atoms with Gasteiger partial charge in [0.15, 0.2) is 0 Å². The van der Waals surface area contributed by atoms with Crippen molar-refractivity contribution < 1.29 is 14.3 Å². The molecular weight excluding hydrogens is 402 g/mol. The molecule has 2 heterocycles. The van der Waals surface area contributed by atoms with Crippen LogP contribution in [0.1, 0.15) is 30.5 Å². The Morgan fingerprint density at radius 2 is 1.50 bits per heavy atom. The van der Waals surface area contributed by atoms with Crippen molar-refractivity contribution >= 4 is 17.4 Å². The normalized spacial score (nSPS) is 17.5. The van der Waals surface area contributed by atoms with Crippen molar-refractivity contribution in [2.45, 2.75) is 27.3 Å². The van der Waals surface area contributed by atoms with Crippen molar-refractivity contribution in [1.29, 1.82) is 0 Å². The predicted octanol–water partition coefficient (Wildman–Crippen LogP) is 3.31. The molecule has 168 valence electrons. The molecule has 2 aliphatic heterocycles. The van der Waals surface area contributed by atoms with Gasteiger partial charge in [-0.1, -0.05) is 48.9 Å². The Hall–Kier alpha value is -3.12. The number of piperazine rings is 1. The van der Waals surface area contributed by atoms with Gasteiger partial charge in [-0.2, -0.15) is 0 Å². The molecular formula is C26H31N3O3. The van der Waals surface area contributed by atoms with Gasteiger partial charge in [-0.15, -0.1) is 0 Å². The van der Waals surface area contributed by atoms with Crippen molar-refractivity contribution in [2.24, 2.45) is 0 Å². The van der Waals surface area contributed by atoms with Crippen LogP contribution >= 0.6 is 0 Å². The van der Waals surface area contributed by atoms with E-state index in [0.717, 1.165) is 55.2 Å². The van der Waals surface area contributed by atoms with E-state index in [2.05, 4.69) is 16.7 Å². The molecule has 0 atom stereocenters. The van der Waals surface area contributed by atoms with Crippen molar-refractivity contribution in [3.63, 3.8) is 0 Å². The highest BCUT2D eigenvalue weighted by Gasteiger charge is 2.42. The Morgan fingerprint density at radius 1 is 0.844 bits per heavy atom. The smallest absolute Gasteiger partial charge is 0.278 e. The number of imide groups is 1. The summed E-state index contributed by atoms with van der Waals surface area (Å²) in [5.41, 5.74) is 3.87. The minimum absolute atomic E-state index is 0.204. The van der Waals surface area contributed by atoms with E-state index in [9.17, 15) is 9.59 Å². The van der Waals surface area contributed by atoms with Gasteiger partial charge in [0, 0.05) is 26.2 Å². The second-order valence-electron chi connectivity index (χ2n) is 8.28. The Labute approximate surface area is 190 Å². The molecule has 2 aromatic carbocycles. The number of likely N-dealkylation sites (N-methyl/N-ethyl adjacent to an activating group) is 1. The highest BCUT2D eigenvalue weighted by Crippen LogP contribution is 2.34. The van der Waals surface area contributed by atoms with Gasteiger partial charge in [-0.25, -0.2) is 0 Å². The second-order valence-corrected chi connectivity index (χ2v) is 8.28. The lowest BCUT2D eigenvalue weighted by Gasteiger charge is -2.36. The molecule has 1 saturated heterocycles. The second kappa shape index (κ2) is 9.57. The van der Waals surface area contributed by atoms with E-state index < -0.39 is 0 Å². The Balaban J connectivity index is 1.67. The largest absolute Gasteiger partial charge is 0.494 e. The average molecular weight is 434 g/mol. The highest BCUT2D eigenvalue weighted by molar-refractivity contribution is 6.35. The fourth-order valence-electron chi connectivity index (χ4n) is 4.31. The van der Waals surface area contributed by atoms with Gasteiger partial charge in [-0.05, 0) is 43.7 Å². The molecule has 0 N–H and O–H groups in total. The summed E-state index contributed by atoms with van der Waals surface area (Å²) in [4.78, 5) is 32.9. The van der Waals surface area contributed by atoms with E-state index in [1.165, 1.54) is 4.90 Å². The first-order chi connectivity index (χ1) is 15.5. The van der Waals surface area contributed by atoms with Crippen LogP contribution in [0.2, 0.25) is 0 Å². The van der Waals surface area contributed by atoms with E-state index in [4.69, 9.17) is 4.74 Å². The van der Waals surface area contributed by atoms with E-state index >= 15 is 0 Å².